The molecule has 0 aliphatic carbocycles. The number of ether oxygens (including phenoxy) is 2. The van der Waals surface area contributed by atoms with Crippen LogP contribution >= 0.6 is 0 Å². The Labute approximate surface area is 178 Å². The second-order valence-corrected chi connectivity index (χ2v) is 6.98. The van der Waals surface area contributed by atoms with Crippen molar-refractivity contribution < 1.29 is 19.4 Å². The first-order valence-electron chi connectivity index (χ1n) is 9.83. The van der Waals surface area contributed by atoms with Gasteiger partial charge in [0.2, 0.25) is 0 Å². The molecule has 1 aromatic heterocycles. The molecule has 156 valence electrons. The summed E-state index contributed by atoms with van der Waals surface area (Å²) >= 11 is 0. The quantitative estimate of drug-likeness (QED) is 0.619. The fourth-order valence-corrected chi connectivity index (χ4v) is 3.61. The molecule has 0 fully saturated rings. The lowest BCUT2D eigenvalue weighted by Crippen LogP contribution is -2.21. The third-order valence-electron chi connectivity index (χ3n) is 5.01. The largest absolute Gasteiger partial charge is 0.490 e. The van der Waals surface area contributed by atoms with E-state index in [4.69, 9.17) is 15.9 Å². The summed E-state index contributed by atoms with van der Waals surface area (Å²) in [6, 6.07) is 9.90. The molecule has 2 aromatic carbocycles. The molecular weight excluding hydrogens is 396 g/mol. The lowest BCUT2D eigenvalue weighted by Gasteiger charge is -2.11. The minimum atomic E-state index is -1.06. The van der Waals surface area contributed by atoms with Gasteiger partial charge < -0.3 is 14.6 Å². The van der Waals surface area contributed by atoms with E-state index in [1.165, 1.54) is 18.2 Å². The molecule has 7 nitrogen and oxygen atoms in total. The van der Waals surface area contributed by atoms with Gasteiger partial charge in [-0.15, -0.1) is 6.42 Å². The summed E-state index contributed by atoms with van der Waals surface area (Å²) in [5.74, 6) is 3.07. The van der Waals surface area contributed by atoms with Crippen molar-refractivity contribution in [2.45, 2.75) is 19.9 Å². The van der Waals surface area contributed by atoms with Gasteiger partial charge in [-0.05, 0) is 60.9 Å². The molecule has 0 amide bonds. The number of allylic oxidation sites excluding steroid dienone is 1. The molecule has 0 unspecified atom stereocenters. The second-order valence-electron chi connectivity index (χ2n) is 6.98. The van der Waals surface area contributed by atoms with Crippen molar-refractivity contribution in [2.24, 2.45) is 0 Å². The topological polar surface area (TPSA) is 90.7 Å². The van der Waals surface area contributed by atoms with Crippen LogP contribution in [0.1, 0.15) is 35.1 Å². The Morgan fingerprint density at radius 3 is 2.84 bits per heavy atom. The SMILES string of the molecule is C#CCOc1ccc(/C=C2/CCn3c2nc2cc(C(=O)O)ccc2c3=O)cc1OCC. The van der Waals surface area contributed by atoms with Crippen molar-refractivity contribution in [2.75, 3.05) is 13.2 Å². The number of hydrogen-bond acceptors (Lipinski definition) is 5. The molecule has 7 heteroatoms. The van der Waals surface area contributed by atoms with E-state index in [1.807, 2.05) is 25.1 Å². The van der Waals surface area contributed by atoms with Gasteiger partial charge in [0.25, 0.3) is 5.56 Å². The van der Waals surface area contributed by atoms with Crippen LogP contribution in [0.4, 0.5) is 0 Å². The zero-order valence-electron chi connectivity index (χ0n) is 16.9. The van der Waals surface area contributed by atoms with Gasteiger partial charge in [-0.3, -0.25) is 9.36 Å². The second kappa shape index (κ2) is 8.36. The molecule has 2 heterocycles. The molecule has 1 N–H and O–H groups in total. The lowest BCUT2D eigenvalue weighted by molar-refractivity contribution is 0.0697. The standard InChI is InChI=1S/C24H20N2O5/c1-3-11-31-20-8-5-15(13-21(20)30-4-2)12-16-9-10-26-22(16)25-19-14-17(24(28)29)6-7-18(19)23(26)27/h1,5-8,12-14H,4,9-11H2,2H3,(H,28,29)/b16-12-. The normalized spacial score (nSPS) is 13.7. The van der Waals surface area contributed by atoms with Crippen LogP contribution in [0, 0.1) is 12.3 Å². The Morgan fingerprint density at radius 2 is 2.10 bits per heavy atom. The van der Waals surface area contributed by atoms with Crippen LogP contribution in [0.2, 0.25) is 0 Å². The molecule has 3 aromatic rings. The predicted octanol–water partition coefficient (Wildman–Crippen LogP) is 3.45. The fraction of sp³-hybridized carbons (Fsp3) is 0.208. The van der Waals surface area contributed by atoms with Crippen molar-refractivity contribution in [3.63, 3.8) is 0 Å². The molecule has 0 saturated carbocycles. The van der Waals surface area contributed by atoms with Gasteiger partial charge in [0.05, 0.1) is 23.1 Å². The summed E-state index contributed by atoms with van der Waals surface area (Å²) in [5.41, 5.74) is 2.05. The number of terminal acetylenes is 1. The van der Waals surface area contributed by atoms with Gasteiger partial charge in [0.1, 0.15) is 12.4 Å². The van der Waals surface area contributed by atoms with Crippen LogP contribution in [-0.2, 0) is 6.54 Å². The molecule has 0 bridgehead atoms. The number of nitrogens with zero attached hydrogens (tertiary/aromatic N) is 2. The van der Waals surface area contributed by atoms with Crippen molar-refractivity contribution >= 4 is 28.5 Å². The molecule has 0 atom stereocenters. The van der Waals surface area contributed by atoms with E-state index in [0.717, 1.165) is 11.1 Å². The van der Waals surface area contributed by atoms with E-state index in [1.54, 1.807) is 10.6 Å². The number of benzene rings is 2. The molecule has 1 aliphatic heterocycles. The van der Waals surface area contributed by atoms with E-state index in [-0.39, 0.29) is 17.7 Å². The van der Waals surface area contributed by atoms with E-state index in [2.05, 4.69) is 10.9 Å². The summed E-state index contributed by atoms with van der Waals surface area (Å²) in [7, 11) is 0. The average molecular weight is 416 g/mol. The summed E-state index contributed by atoms with van der Waals surface area (Å²) < 4.78 is 12.8. The molecule has 4 rings (SSSR count). The number of aromatic carboxylic acids is 1. The molecule has 31 heavy (non-hydrogen) atoms. The fourth-order valence-electron chi connectivity index (χ4n) is 3.61. The highest BCUT2D eigenvalue weighted by Gasteiger charge is 2.21. The van der Waals surface area contributed by atoms with Crippen LogP contribution in [0.5, 0.6) is 11.5 Å². The predicted molar refractivity (Wildman–Crippen MR) is 117 cm³/mol. The summed E-state index contributed by atoms with van der Waals surface area (Å²) in [5, 5.41) is 9.65. The van der Waals surface area contributed by atoms with Crippen LogP contribution in [0.3, 0.4) is 0 Å². The Balaban J connectivity index is 1.77. The van der Waals surface area contributed by atoms with E-state index in [9.17, 15) is 14.7 Å². The number of carboxylic acids is 1. The third-order valence-corrected chi connectivity index (χ3v) is 5.01. The monoisotopic (exact) mass is 416 g/mol. The summed E-state index contributed by atoms with van der Waals surface area (Å²) in [4.78, 5) is 28.8. The average Bonchev–Trinajstić information content (AvgIpc) is 3.16. The van der Waals surface area contributed by atoms with Crippen molar-refractivity contribution in [3.05, 3.63) is 63.7 Å². The Kier molecular flexibility index (Phi) is 5.46. The first-order chi connectivity index (χ1) is 15.0. The van der Waals surface area contributed by atoms with Crippen LogP contribution in [0.25, 0.3) is 22.6 Å². The molecular formula is C24H20N2O5. The Morgan fingerprint density at radius 1 is 1.26 bits per heavy atom. The highest BCUT2D eigenvalue weighted by Crippen LogP contribution is 2.32. The van der Waals surface area contributed by atoms with E-state index in [0.29, 0.717) is 47.8 Å². The first kappa shape index (κ1) is 20.2. The van der Waals surface area contributed by atoms with Crippen molar-refractivity contribution in [3.8, 4) is 23.8 Å². The maximum Gasteiger partial charge on any atom is 0.335 e. The molecule has 1 aliphatic rings. The summed E-state index contributed by atoms with van der Waals surface area (Å²) in [6.07, 6.45) is 7.86. The minimum Gasteiger partial charge on any atom is -0.490 e. The lowest BCUT2D eigenvalue weighted by atomic mass is 10.1. The van der Waals surface area contributed by atoms with Crippen LogP contribution in [0.15, 0.2) is 41.2 Å². The van der Waals surface area contributed by atoms with Gasteiger partial charge in [-0.1, -0.05) is 12.0 Å². The van der Waals surface area contributed by atoms with Gasteiger partial charge in [0.15, 0.2) is 11.5 Å². The minimum absolute atomic E-state index is 0.0943. The van der Waals surface area contributed by atoms with E-state index >= 15 is 0 Å². The van der Waals surface area contributed by atoms with Crippen molar-refractivity contribution in [1.29, 1.82) is 0 Å². The van der Waals surface area contributed by atoms with Crippen molar-refractivity contribution in [1.82, 2.24) is 9.55 Å². The third kappa shape index (κ3) is 3.88. The number of aromatic nitrogens is 2. The Hall–Kier alpha value is -4.05. The highest BCUT2D eigenvalue weighted by molar-refractivity contribution is 5.93. The van der Waals surface area contributed by atoms with Crippen LogP contribution in [-0.4, -0.2) is 33.8 Å². The number of hydrogen-bond donors (Lipinski definition) is 1. The highest BCUT2D eigenvalue weighted by atomic mass is 16.5. The van der Waals surface area contributed by atoms with Gasteiger partial charge in [-0.25, -0.2) is 9.78 Å². The zero-order chi connectivity index (χ0) is 22.0. The number of rotatable bonds is 6. The maximum atomic E-state index is 12.9. The first-order valence-corrected chi connectivity index (χ1v) is 9.83. The maximum absolute atomic E-state index is 12.9. The smallest absolute Gasteiger partial charge is 0.335 e. The Bertz CT molecular complexity index is 1310. The van der Waals surface area contributed by atoms with Gasteiger partial charge >= 0.3 is 5.97 Å². The number of carboxylic acid groups (broad SMARTS) is 1. The molecule has 0 saturated heterocycles. The van der Waals surface area contributed by atoms with Gasteiger partial charge in [0, 0.05) is 6.54 Å². The van der Waals surface area contributed by atoms with Gasteiger partial charge in [-0.2, -0.15) is 0 Å². The number of fused-ring (bicyclic) bond motifs is 2. The summed E-state index contributed by atoms with van der Waals surface area (Å²) in [6.45, 7) is 3.03. The van der Waals surface area contributed by atoms with E-state index < -0.39 is 5.97 Å². The molecule has 0 spiro atoms. The molecule has 0 radical (unpaired) electrons. The number of carbonyl (C=O) groups is 1. The zero-order valence-corrected chi connectivity index (χ0v) is 16.9. The van der Waals surface area contributed by atoms with Crippen LogP contribution < -0.4 is 15.0 Å².